The zero-order chi connectivity index (χ0) is 12.8. The molecule has 18 heavy (non-hydrogen) atoms. The molecular formula is C14H19N3O. The summed E-state index contributed by atoms with van der Waals surface area (Å²) in [6.07, 6.45) is 3.78. The molecule has 1 unspecified atom stereocenters. The number of hydrogen-bond acceptors (Lipinski definition) is 3. The van der Waals surface area contributed by atoms with Gasteiger partial charge in [0.1, 0.15) is 5.75 Å². The van der Waals surface area contributed by atoms with Crippen LogP contribution in [0.25, 0.3) is 0 Å². The Labute approximate surface area is 108 Å². The topological polar surface area (TPSA) is 39.1 Å². The van der Waals surface area contributed by atoms with Crippen LogP contribution in [0.1, 0.15) is 18.5 Å². The van der Waals surface area contributed by atoms with Crippen molar-refractivity contribution in [3.8, 4) is 5.75 Å². The molecule has 1 aromatic heterocycles. The van der Waals surface area contributed by atoms with Crippen molar-refractivity contribution >= 4 is 0 Å². The van der Waals surface area contributed by atoms with Gasteiger partial charge in [-0.3, -0.25) is 4.68 Å². The fourth-order valence-electron chi connectivity index (χ4n) is 1.99. The van der Waals surface area contributed by atoms with Crippen molar-refractivity contribution in [1.82, 2.24) is 15.1 Å². The highest BCUT2D eigenvalue weighted by molar-refractivity contribution is 5.30. The van der Waals surface area contributed by atoms with E-state index < -0.39 is 0 Å². The molecule has 0 aliphatic rings. The highest BCUT2D eigenvalue weighted by Crippen LogP contribution is 2.20. The van der Waals surface area contributed by atoms with Gasteiger partial charge < -0.3 is 10.1 Å². The third kappa shape index (κ3) is 3.11. The summed E-state index contributed by atoms with van der Waals surface area (Å²) < 4.78 is 7.21. The van der Waals surface area contributed by atoms with Crippen LogP contribution < -0.4 is 10.1 Å². The Morgan fingerprint density at radius 1 is 1.39 bits per heavy atom. The Bertz CT molecular complexity index is 468. The fourth-order valence-corrected chi connectivity index (χ4v) is 1.99. The number of ether oxygens (including phenoxy) is 1. The molecule has 0 radical (unpaired) electrons. The van der Waals surface area contributed by atoms with Crippen LogP contribution in [0, 0.1) is 0 Å². The van der Waals surface area contributed by atoms with E-state index in [0.29, 0.717) is 0 Å². The van der Waals surface area contributed by atoms with Crippen LogP contribution in [-0.4, -0.2) is 23.4 Å². The predicted molar refractivity (Wildman–Crippen MR) is 71.6 cm³/mol. The van der Waals surface area contributed by atoms with E-state index in [9.17, 15) is 0 Å². The molecule has 4 nitrogen and oxygen atoms in total. The maximum Gasteiger partial charge on any atom is 0.119 e. The highest BCUT2D eigenvalue weighted by atomic mass is 16.5. The van der Waals surface area contributed by atoms with Gasteiger partial charge in [-0.15, -0.1) is 0 Å². The lowest BCUT2D eigenvalue weighted by molar-refractivity contribution is 0.409. The number of aromatic nitrogens is 2. The number of methoxy groups -OCH3 is 1. The number of nitrogens with one attached hydrogen (secondary N) is 1. The summed E-state index contributed by atoms with van der Waals surface area (Å²) in [7, 11) is 1.69. The Hall–Kier alpha value is -1.81. The standard InChI is InChI=1S/C14H19N3O/c1-3-15-14(11-17-9-5-8-16-17)12-6-4-7-13(10-12)18-2/h4-10,14-15H,3,11H2,1-2H3. The molecule has 0 amide bonds. The number of likely N-dealkylation sites (N-methyl/N-ethyl adjacent to an activating group) is 1. The summed E-state index contributed by atoms with van der Waals surface area (Å²) in [5.74, 6) is 0.885. The molecule has 0 spiro atoms. The first-order valence-corrected chi connectivity index (χ1v) is 6.18. The molecule has 1 heterocycles. The van der Waals surface area contributed by atoms with Crippen molar-refractivity contribution in [2.24, 2.45) is 0 Å². The fraction of sp³-hybridized carbons (Fsp3) is 0.357. The van der Waals surface area contributed by atoms with E-state index in [0.717, 1.165) is 18.8 Å². The van der Waals surface area contributed by atoms with Crippen LogP contribution in [0.5, 0.6) is 5.75 Å². The summed E-state index contributed by atoms with van der Waals surface area (Å²) in [6.45, 7) is 3.84. The molecule has 1 N–H and O–H groups in total. The molecule has 2 rings (SSSR count). The van der Waals surface area contributed by atoms with Gasteiger partial charge in [-0.05, 0) is 30.3 Å². The van der Waals surface area contributed by atoms with Gasteiger partial charge in [-0.2, -0.15) is 5.10 Å². The predicted octanol–water partition coefficient (Wildman–Crippen LogP) is 2.24. The van der Waals surface area contributed by atoms with Gasteiger partial charge in [0, 0.05) is 12.4 Å². The Kier molecular flexibility index (Phi) is 4.36. The largest absolute Gasteiger partial charge is 0.497 e. The quantitative estimate of drug-likeness (QED) is 0.848. The summed E-state index contributed by atoms with van der Waals surface area (Å²) in [5, 5.41) is 7.72. The van der Waals surface area contributed by atoms with Crippen molar-refractivity contribution in [3.63, 3.8) is 0 Å². The van der Waals surface area contributed by atoms with Crippen molar-refractivity contribution < 1.29 is 4.74 Å². The maximum absolute atomic E-state index is 5.27. The van der Waals surface area contributed by atoms with Gasteiger partial charge >= 0.3 is 0 Å². The average Bonchev–Trinajstić information content (AvgIpc) is 2.91. The third-order valence-electron chi connectivity index (χ3n) is 2.88. The Morgan fingerprint density at radius 3 is 2.94 bits per heavy atom. The van der Waals surface area contributed by atoms with E-state index in [1.165, 1.54) is 5.56 Å². The lowest BCUT2D eigenvalue weighted by Crippen LogP contribution is -2.25. The molecule has 1 aromatic carbocycles. The normalized spacial score (nSPS) is 12.3. The Balaban J connectivity index is 2.17. The molecule has 0 aliphatic heterocycles. The van der Waals surface area contributed by atoms with E-state index in [4.69, 9.17) is 4.74 Å². The van der Waals surface area contributed by atoms with Crippen LogP contribution in [0.2, 0.25) is 0 Å². The van der Waals surface area contributed by atoms with E-state index in [2.05, 4.69) is 29.5 Å². The van der Waals surface area contributed by atoms with Crippen LogP contribution in [-0.2, 0) is 6.54 Å². The van der Waals surface area contributed by atoms with Crippen LogP contribution in [0.3, 0.4) is 0 Å². The smallest absolute Gasteiger partial charge is 0.119 e. The molecule has 0 aliphatic carbocycles. The number of rotatable bonds is 6. The van der Waals surface area contributed by atoms with Gasteiger partial charge in [0.25, 0.3) is 0 Å². The minimum atomic E-state index is 0.241. The van der Waals surface area contributed by atoms with Gasteiger partial charge in [0.15, 0.2) is 0 Å². The SMILES string of the molecule is CCNC(Cn1cccn1)c1cccc(OC)c1. The molecule has 1 atom stereocenters. The van der Waals surface area contributed by atoms with Crippen LogP contribution >= 0.6 is 0 Å². The third-order valence-corrected chi connectivity index (χ3v) is 2.88. The second-order valence-corrected chi connectivity index (χ2v) is 4.11. The van der Waals surface area contributed by atoms with Gasteiger partial charge in [0.05, 0.1) is 19.7 Å². The number of hydrogen-bond donors (Lipinski definition) is 1. The monoisotopic (exact) mass is 245 g/mol. The molecule has 0 bridgehead atoms. The molecule has 4 heteroatoms. The minimum Gasteiger partial charge on any atom is -0.497 e. The van der Waals surface area contributed by atoms with E-state index >= 15 is 0 Å². The van der Waals surface area contributed by atoms with E-state index in [1.807, 2.05) is 29.1 Å². The molecule has 0 saturated heterocycles. The summed E-state index contributed by atoms with van der Waals surface area (Å²) in [4.78, 5) is 0. The molecular weight excluding hydrogens is 226 g/mol. The van der Waals surface area contributed by atoms with Crippen molar-refractivity contribution in [2.75, 3.05) is 13.7 Å². The first-order valence-electron chi connectivity index (χ1n) is 6.18. The molecule has 96 valence electrons. The number of benzene rings is 1. The number of nitrogens with zero attached hydrogens (tertiary/aromatic N) is 2. The van der Waals surface area contributed by atoms with Crippen molar-refractivity contribution in [3.05, 3.63) is 48.3 Å². The Morgan fingerprint density at radius 2 is 2.28 bits per heavy atom. The molecule has 0 fully saturated rings. The zero-order valence-corrected chi connectivity index (χ0v) is 10.8. The first kappa shape index (κ1) is 12.6. The summed E-state index contributed by atoms with van der Waals surface area (Å²) >= 11 is 0. The summed E-state index contributed by atoms with van der Waals surface area (Å²) in [5.41, 5.74) is 1.21. The van der Waals surface area contributed by atoms with E-state index in [1.54, 1.807) is 13.3 Å². The second-order valence-electron chi connectivity index (χ2n) is 4.11. The molecule has 0 saturated carbocycles. The van der Waals surface area contributed by atoms with Gasteiger partial charge in [-0.1, -0.05) is 19.1 Å². The second kappa shape index (κ2) is 6.21. The van der Waals surface area contributed by atoms with Crippen LogP contribution in [0.4, 0.5) is 0 Å². The minimum absolute atomic E-state index is 0.241. The first-order chi connectivity index (χ1) is 8.83. The highest BCUT2D eigenvalue weighted by Gasteiger charge is 2.11. The average molecular weight is 245 g/mol. The lowest BCUT2D eigenvalue weighted by Gasteiger charge is -2.19. The lowest BCUT2D eigenvalue weighted by atomic mass is 10.1. The summed E-state index contributed by atoms with van der Waals surface area (Å²) in [6, 6.07) is 10.3. The molecule has 2 aromatic rings. The van der Waals surface area contributed by atoms with Crippen LogP contribution in [0.15, 0.2) is 42.7 Å². The van der Waals surface area contributed by atoms with Crippen molar-refractivity contribution in [1.29, 1.82) is 0 Å². The van der Waals surface area contributed by atoms with Crippen molar-refractivity contribution in [2.45, 2.75) is 19.5 Å². The van der Waals surface area contributed by atoms with E-state index in [-0.39, 0.29) is 6.04 Å². The van der Waals surface area contributed by atoms with Gasteiger partial charge in [0.2, 0.25) is 0 Å². The zero-order valence-electron chi connectivity index (χ0n) is 10.8. The van der Waals surface area contributed by atoms with Gasteiger partial charge in [-0.25, -0.2) is 0 Å². The maximum atomic E-state index is 5.27.